The van der Waals surface area contributed by atoms with Gasteiger partial charge in [-0.1, -0.05) is 6.07 Å². The van der Waals surface area contributed by atoms with Crippen LogP contribution in [0.15, 0.2) is 47.4 Å². The lowest BCUT2D eigenvalue weighted by Crippen LogP contribution is -2.37. The van der Waals surface area contributed by atoms with Crippen molar-refractivity contribution in [2.24, 2.45) is 0 Å². The van der Waals surface area contributed by atoms with E-state index in [2.05, 4.69) is 10.6 Å². The molecule has 0 radical (unpaired) electrons. The zero-order chi connectivity index (χ0) is 23.0. The van der Waals surface area contributed by atoms with Gasteiger partial charge in [0.2, 0.25) is 15.9 Å². The molecule has 0 heterocycles. The van der Waals surface area contributed by atoms with Crippen molar-refractivity contribution in [2.75, 3.05) is 41.4 Å². The van der Waals surface area contributed by atoms with Gasteiger partial charge in [0.1, 0.15) is 11.5 Å². The molecule has 0 unspecified atom stereocenters. The fourth-order valence-corrected chi connectivity index (χ4v) is 3.70. The topological polar surface area (TPSA) is 114 Å². The summed E-state index contributed by atoms with van der Waals surface area (Å²) in [4.78, 5) is 24.4. The predicted octanol–water partition coefficient (Wildman–Crippen LogP) is 1.04. The lowest BCUT2D eigenvalue weighted by Gasteiger charge is -2.13. The molecule has 2 N–H and O–H groups in total. The maximum atomic E-state index is 12.3. The maximum absolute atomic E-state index is 12.3. The summed E-state index contributed by atoms with van der Waals surface area (Å²) in [5.74, 6) is 0.469. The third-order valence-corrected chi connectivity index (χ3v) is 6.30. The molecular weight excluding hydrogens is 422 g/mol. The highest BCUT2D eigenvalue weighted by atomic mass is 32.2. The molecule has 10 heteroatoms. The molecule has 31 heavy (non-hydrogen) atoms. The molecule has 0 aromatic heterocycles. The Morgan fingerprint density at radius 1 is 1.00 bits per heavy atom. The van der Waals surface area contributed by atoms with Crippen LogP contribution in [-0.2, 0) is 21.2 Å². The van der Waals surface area contributed by atoms with Crippen LogP contribution >= 0.6 is 0 Å². The van der Waals surface area contributed by atoms with Crippen LogP contribution in [0.3, 0.4) is 0 Å². The van der Waals surface area contributed by atoms with E-state index in [4.69, 9.17) is 9.47 Å². The van der Waals surface area contributed by atoms with Gasteiger partial charge in [0.15, 0.2) is 0 Å². The fraction of sp³-hybridized carbons (Fsp3) is 0.333. The van der Waals surface area contributed by atoms with Crippen molar-refractivity contribution in [3.63, 3.8) is 0 Å². The van der Waals surface area contributed by atoms with Crippen molar-refractivity contribution in [1.29, 1.82) is 0 Å². The summed E-state index contributed by atoms with van der Waals surface area (Å²) in [5.41, 5.74) is 1.03. The number of methoxy groups -OCH3 is 2. The number of benzene rings is 2. The molecule has 2 aromatic rings. The van der Waals surface area contributed by atoms with Crippen LogP contribution in [0.4, 0.5) is 0 Å². The van der Waals surface area contributed by atoms with Gasteiger partial charge in [-0.05, 0) is 48.4 Å². The molecule has 9 nitrogen and oxygen atoms in total. The summed E-state index contributed by atoms with van der Waals surface area (Å²) in [7, 11) is 2.30. The lowest BCUT2D eigenvalue weighted by molar-refractivity contribution is -0.120. The van der Waals surface area contributed by atoms with Gasteiger partial charge in [-0.2, -0.15) is 0 Å². The zero-order valence-corrected chi connectivity index (χ0v) is 18.8. The fourth-order valence-electron chi connectivity index (χ4n) is 2.75. The van der Waals surface area contributed by atoms with E-state index < -0.39 is 15.9 Å². The minimum atomic E-state index is -3.66. The van der Waals surface area contributed by atoms with E-state index in [1.807, 2.05) is 6.07 Å². The number of carbonyl (C=O) groups excluding carboxylic acids is 2. The summed E-state index contributed by atoms with van der Waals surface area (Å²) < 4.78 is 36.0. The number of hydrogen-bond acceptors (Lipinski definition) is 6. The molecule has 0 fully saturated rings. The minimum absolute atomic E-state index is 0.00170. The maximum Gasteiger partial charge on any atom is 0.251 e. The molecule has 0 aliphatic carbocycles. The Labute approximate surface area is 182 Å². The summed E-state index contributed by atoms with van der Waals surface area (Å²) in [6, 6.07) is 11.1. The van der Waals surface area contributed by atoms with Crippen LogP contribution < -0.4 is 20.1 Å². The largest absolute Gasteiger partial charge is 0.497 e. The van der Waals surface area contributed by atoms with Crippen molar-refractivity contribution >= 4 is 21.8 Å². The van der Waals surface area contributed by atoms with E-state index in [1.165, 1.54) is 38.4 Å². The van der Waals surface area contributed by atoms with Gasteiger partial charge in [-0.3, -0.25) is 9.59 Å². The van der Waals surface area contributed by atoms with Crippen LogP contribution in [0.1, 0.15) is 15.9 Å². The number of amides is 2. The van der Waals surface area contributed by atoms with Gasteiger partial charge >= 0.3 is 0 Å². The first-order chi connectivity index (χ1) is 14.7. The van der Waals surface area contributed by atoms with Gasteiger partial charge in [0.05, 0.1) is 25.7 Å². The number of sulfonamides is 1. The Bertz CT molecular complexity index is 1040. The van der Waals surface area contributed by atoms with E-state index >= 15 is 0 Å². The van der Waals surface area contributed by atoms with Crippen molar-refractivity contribution in [1.82, 2.24) is 14.9 Å². The van der Waals surface area contributed by atoms with Crippen molar-refractivity contribution < 1.29 is 27.5 Å². The Morgan fingerprint density at radius 3 is 2.39 bits per heavy atom. The van der Waals surface area contributed by atoms with Gasteiger partial charge in [0, 0.05) is 26.2 Å². The molecule has 0 spiro atoms. The molecule has 168 valence electrons. The number of ether oxygens (including phenoxy) is 2. The number of carbonyl (C=O) groups is 2. The highest BCUT2D eigenvalue weighted by Crippen LogP contribution is 2.24. The number of nitrogens with zero attached hydrogens (tertiary/aromatic N) is 1. The van der Waals surface area contributed by atoms with Gasteiger partial charge in [-0.25, -0.2) is 12.7 Å². The Morgan fingerprint density at radius 2 is 1.74 bits per heavy atom. The molecule has 2 amide bonds. The summed E-state index contributed by atoms with van der Waals surface area (Å²) in [6.07, 6.45) is 0.518. The number of nitrogens with one attached hydrogen (secondary N) is 2. The second-order valence-corrected chi connectivity index (χ2v) is 8.93. The van der Waals surface area contributed by atoms with Crippen LogP contribution in [0.25, 0.3) is 0 Å². The average molecular weight is 450 g/mol. The molecule has 0 aliphatic rings. The first kappa shape index (κ1) is 24.2. The first-order valence-electron chi connectivity index (χ1n) is 9.47. The van der Waals surface area contributed by atoms with Crippen molar-refractivity contribution in [3.05, 3.63) is 53.6 Å². The van der Waals surface area contributed by atoms with E-state index in [9.17, 15) is 18.0 Å². The zero-order valence-electron chi connectivity index (χ0n) is 18.0. The Balaban J connectivity index is 1.89. The SMILES string of the molecule is COc1ccc(OC)c(CCNC(=O)CNC(=O)c2cccc(S(=O)(=O)N(C)C)c2)c1. The number of rotatable bonds is 10. The predicted molar refractivity (Wildman–Crippen MR) is 116 cm³/mol. The smallest absolute Gasteiger partial charge is 0.251 e. The van der Waals surface area contributed by atoms with E-state index in [1.54, 1.807) is 26.4 Å². The molecule has 2 aromatic carbocycles. The van der Waals surface area contributed by atoms with Crippen LogP contribution in [0.2, 0.25) is 0 Å². The van der Waals surface area contributed by atoms with Crippen molar-refractivity contribution in [2.45, 2.75) is 11.3 Å². The monoisotopic (exact) mass is 449 g/mol. The van der Waals surface area contributed by atoms with Gasteiger partial charge < -0.3 is 20.1 Å². The molecule has 0 saturated heterocycles. The third-order valence-electron chi connectivity index (χ3n) is 4.49. The Kier molecular flexibility index (Phi) is 8.40. The second-order valence-electron chi connectivity index (χ2n) is 6.78. The molecule has 0 bridgehead atoms. The number of hydrogen-bond donors (Lipinski definition) is 2. The van der Waals surface area contributed by atoms with Crippen molar-refractivity contribution in [3.8, 4) is 11.5 Å². The normalized spacial score (nSPS) is 11.1. The lowest BCUT2D eigenvalue weighted by atomic mass is 10.1. The second kappa shape index (κ2) is 10.8. The molecule has 0 saturated carbocycles. The average Bonchev–Trinajstić information content (AvgIpc) is 2.77. The summed E-state index contributed by atoms with van der Waals surface area (Å²) in [5, 5.41) is 5.22. The van der Waals surface area contributed by atoms with Gasteiger partial charge in [-0.15, -0.1) is 0 Å². The highest BCUT2D eigenvalue weighted by molar-refractivity contribution is 7.89. The molecule has 2 rings (SSSR count). The molecule has 0 atom stereocenters. The quantitative estimate of drug-likeness (QED) is 0.560. The van der Waals surface area contributed by atoms with E-state index in [-0.39, 0.29) is 22.9 Å². The Hall–Kier alpha value is -3.11. The standard InChI is InChI=1S/C21H27N3O6S/c1-24(2)31(27,28)18-7-5-6-16(13-18)21(26)23-14-20(25)22-11-10-15-12-17(29-3)8-9-19(15)30-4/h5-9,12-13H,10-11,14H2,1-4H3,(H,22,25)(H,23,26). The highest BCUT2D eigenvalue weighted by Gasteiger charge is 2.19. The van der Waals surface area contributed by atoms with E-state index in [0.717, 1.165) is 9.87 Å². The molecule has 0 aliphatic heterocycles. The summed E-state index contributed by atoms with van der Waals surface area (Å²) >= 11 is 0. The van der Waals surface area contributed by atoms with Gasteiger partial charge in [0.25, 0.3) is 5.91 Å². The van der Waals surface area contributed by atoms with Crippen LogP contribution in [-0.4, -0.2) is 65.9 Å². The molecular formula is C21H27N3O6S. The summed E-state index contributed by atoms with van der Waals surface area (Å²) in [6.45, 7) is 0.105. The third kappa shape index (κ3) is 6.43. The van der Waals surface area contributed by atoms with Crippen LogP contribution in [0.5, 0.6) is 11.5 Å². The minimum Gasteiger partial charge on any atom is -0.497 e. The van der Waals surface area contributed by atoms with E-state index in [0.29, 0.717) is 24.5 Å². The first-order valence-corrected chi connectivity index (χ1v) is 10.9. The van der Waals surface area contributed by atoms with Crippen LogP contribution in [0, 0.1) is 0 Å².